The van der Waals surface area contributed by atoms with E-state index in [4.69, 9.17) is 10.1 Å². The molecule has 0 spiro atoms. The van der Waals surface area contributed by atoms with Crippen LogP contribution in [0.2, 0.25) is 0 Å². The molecule has 4 rings (SSSR count). The van der Waals surface area contributed by atoms with E-state index < -0.39 is 5.92 Å². The molecule has 3 aromatic rings. The van der Waals surface area contributed by atoms with Crippen LogP contribution in [-0.2, 0) is 0 Å². The van der Waals surface area contributed by atoms with Crippen molar-refractivity contribution < 1.29 is 13.5 Å². The van der Waals surface area contributed by atoms with Gasteiger partial charge in [0.05, 0.1) is 25.9 Å². The first-order chi connectivity index (χ1) is 15.4. The van der Waals surface area contributed by atoms with E-state index in [9.17, 15) is 13.6 Å². The molecule has 2 N–H and O–H groups in total. The van der Waals surface area contributed by atoms with Gasteiger partial charge in [-0.2, -0.15) is 5.10 Å². The Hall–Kier alpha value is -4.01. The third-order valence-electron chi connectivity index (χ3n) is 4.99. The van der Waals surface area contributed by atoms with Crippen molar-refractivity contribution in [1.29, 1.82) is 5.41 Å². The van der Waals surface area contributed by atoms with Gasteiger partial charge in [0.1, 0.15) is 11.4 Å². The molecule has 9 heteroatoms. The number of nitrogens with one attached hydrogen (secondary N) is 2. The number of halogens is 2. The van der Waals surface area contributed by atoms with Gasteiger partial charge in [-0.05, 0) is 30.3 Å². The van der Waals surface area contributed by atoms with Crippen LogP contribution in [0.1, 0.15) is 5.69 Å². The van der Waals surface area contributed by atoms with Gasteiger partial charge in [0, 0.05) is 35.9 Å². The molecule has 32 heavy (non-hydrogen) atoms. The first-order valence-corrected chi connectivity index (χ1v) is 9.84. The predicted octanol–water partition coefficient (Wildman–Crippen LogP) is 3.80. The summed E-state index contributed by atoms with van der Waals surface area (Å²) in [6.45, 7) is -0.669. The van der Waals surface area contributed by atoms with E-state index in [0.717, 1.165) is 11.9 Å². The lowest BCUT2D eigenvalue weighted by molar-refractivity contribution is -0.0262. The Morgan fingerprint density at radius 2 is 1.94 bits per heavy atom. The van der Waals surface area contributed by atoms with E-state index in [2.05, 4.69) is 10.4 Å². The molecule has 164 valence electrons. The van der Waals surface area contributed by atoms with Crippen molar-refractivity contribution in [1.82, 2.24) is 9.78 Å². The predicted molar refractivity (Wildman–Crippen MR) is 120 cm³/mol. The highest BCUT2D eigenvalue weighted by atomic mass is 19.3. The SMILES string of the molecule is COc1cc(N2CC(F)(F)C2)ccc1-n1ccc(=O)c(/C(=C/C=N)Nc2ccccc2)n1. The fourth-order valence-electron chi connectivity index (χ4n) is 3.42. The largest absolute Gasteiger partial charge is 0.494 e. The van der Waals surface area contributed by atoms with E-state index in [1.165, 1.54) is 30.1 Å². The summed E-state index contributed by atoms with van der Waals surface area (Å²) < 4.78 is 33.4. The number of hydrogen-bond donors (Lipinski definition) is 2. The topological polar surface area (TPSA) is 83.2 Å². The lowest BCUT2D eigenvalue weighted by Gasteiger charge is -2.40. The monoisotopic (exact) mass is 437 g/mol. The number of para-hydroxylation sites is 1. The number of anilines is 2. The van der Waals surface area contributed by atoms with E-state index in [0.29, 0.717) is 22.8 Å². The minimum Gasteiger partial charge on any atom is -0.494 e. The highest BCUT2D eigenvalue weighted by molar-refractivity contribution is 5.86. The van der Waals surface area contributed by atoms with Gasteiger partial charge in [0.25, 0.3) is 5.92 Å². The second-order valence-electron chi connectivity index (χ2n) is 7.28. The van der Waals surface area contributed by atoms with Gasteiger partial charge in [0.2, 0.25) is 5.43 Å². The molecule has 7 nitrogen and oxygen atoms in total. The fourth-order valence-corrected chi connectivity index (χ4v) is 3.42. The summed E-state index contributed by atoms with van der Waals surface area (Å²) in [7, 11) is 1.48. The first-order valence-electron chi connectivity index (χ1n) is 9.84. The zero-order valence-electron chi connectivity index (χ0n) is 17.3. The van der Waals surface area contributed by atoms with Crippen molar-refractivity contribution in [2.75, 3.05) is 30.4 Å². The van der Waals surface area contributed by atoms with Crippen LogP contribution >= 0.6 is 0 Å². The van der Waals surface area contributed by atoms with Crippen molar-refractivity contribution in [2.24, 2.45) is 0 Å². The minimum atomic E-state index is -2.68. The molecule has 0 saturated carbocycles. The molecule has 0 radical (unpaired) electrons. The Morgan fingerprint density at radius 3 is 2.59 bits per heavy atom. The fraction of sp³-hybridized carbons (Fsp3) is 0.174. The van der Waals surface area contributed by atoms with Crippen LogP contribution in [0.5, 0.6) is 5.75 Å². The maximum Gasteiger partial charge on any atom is 0.282 e. The van der Waals surface area contributed by atoms with Gasteiger partial charge >= 0.3 is 0 Å². The highest BCUT2D eigenvalue weighted by Crippen LogP contribution is 2.35. The van der Waals surface area contributed by atoms with Crippen LogP contribution in [0.4, 0.5) is 20.2 Å². The van der Waals surface area contributed by atoms with Gasteiger partial charge in [-0.25, -0.2) is 13.5 Å². The normalized spacial score (nSPS) is 15.1. The summed E-state index contributed by atoms with van der Waals surface area (Å²) in [6.07, 6.45) is 4.03. The van der Waals surface area contributed by atoms with Crippen LogP contribution in [0, 0.1) is 5.41 Å². The number of rotatable bonds is 7. The quantitative estimate of drug-likeness (QED) is 0.550. The van der Waals surface area contributed by atoms with Crippen molar-refractivity contribution in [3.05, 3.63) is 82.8 Å². The standard InChI is InChI=1S/C23H21F2N5O2/c1-32-21-13-17(29-14-23(24,25)15-29)7-8-19(21)30-12-10-20(31)22(28-30)18(9-11-26)27-16-5-3-2-4-6-16/h2-13,26-27H,14-15H2,1H3/b18-9-,26-11?. The van der Waals surface area contributed by atoms with Crippen LogP contribution < -0.4 is 20.4 Å². The van der Waals surface area contributed by atoms with Crippen molar-refractivity contribution in [3.63, 3.8) is 0 Å². The molecule has 1 aliphatic rings. The Labute approximate surface area is 183 Å². The Balaban J connectivity index is 1.69. The summed E-state index contributed by atoms with van der Waals surface area (Å²) in [5.41, 5.74) is 2.06. The lowest BCUT2D eigenvalue weighted by Crippen LogP contribution is -2.56. The number of nitrogens with zero attached hydrogens (tertiary/aromatic N) is 3. The molecule has 0 atom stereocenters. The van der Waals surface area contributed by atoms with Gasteiger partial charge in [-0.1, -0.05) is 18.2 Å². The van der Waals surface area contributed by atoms with Crippen LogP contribution in [0.15, 0.2) is 71.7 Å². The zero-order valence-corrected chi connectivity index (χ0v) is 17.3. The van der Waals surface area contributed by atoms with Gasteiger partial charge in [-0.3, -0.25) is 4.79 Å². The summed E-state index contributed by atoms with van der Waals surface area (Å²) in [4.78, 5) is 14.1. The minimum absolute atomic E-state index is 0.119. The molecular weight excluding hydrogens is 416 g/mol. The zero-order chi connectivity index (χ0) is 22.7. The average molecular weight is 437 g/mol. The maximum atomic E-state index is 13.2. The van der Waals surface area contributed by atoms with E-state index in [1.807, 2.05) is 30.3 Å². The molecular formula is C23H21F2N5O2. The number of allylic oxidation sites excluding steroid dienone is 1. The second-order valence-corrected chi connectivity index (χ2v) is 7.28. The third-order valence-corrected chi connectivity index (χ3v) is 4.99. The van der Waals surface area contributed by atoms with Crippen LogP contribution in [0.3, 0.4) is 0 Å². The summed E-state index contributed by atoms with van der Waals surface area (Å²) in [5, 5.41) is 15.0. The molecule has 1 aromatic heterocycles. The number of benzene rings is 2. The smallest absolute Gasteiger partial charge is 0.282 e. The van der Waals surface area contributed by atoms with Gasteiger partial charge in [-0.15, -0.1) is 0 Å². The molecule has 2 heterocycles. The highest BCUT2D eigenvalue weighted by Gasteiger charge is 2.44. The van der Waals surface area contributed by atoms with E-state index in [1.54, 1.807) is 23.1 Å². The van der Waals surface area contributed by atoms with Gasteiger partial charge < -0.3 is 20.4 Å². The Bertz CT molecular complexity index is 1220. The molecule has 0 unspecified atom stereocenters. The lowest BCUT2D eigenvalue weighted by atomic mass is 10.1. The van der Waals surface area contributed by atoms with Crippen LogP contribution in [0.25, 0.3) is 11.4 Å². The molecule has 0 bridgehead atoms. The third kappa shape index (κ3) is 4.36. The summed E-state index contributed by atoms with van der Waals surface area (Å²) in [5.74, 6) is -2.25. The molecule has 1 fully saturated rings. The molecule has 0 amide bonds. The average Bonchev–Trinajstić information content (AvgIpc) is 2.78. The van der Waals surface area contributed by atoms with E-state index in [-0.39, 0.29) is 24.2 Å². The van der Waals surface area contributed by atoms with E-state index >= 15 is 0 Å². The number of ether oxygens (including phenoxy) is 1. The number of alkyl halides is 2. The van der Waals surface area contributed by atoms with Crippen molar-refractivity contribution in [3.8, 4) is 11.4 Å². The first kappa shape index (κ1) is 21.2. The molecule has 0 aliphatic carbocycles. The summed E-state index contributed by atoms with van der Waals surface area (Å²) in [6, 6.07) is 15.7. The maximum absolute atomic E-state index is 13.2. The van der Waals surface area contributed by atoms with Crippen LogP contribution in [-0.4, -0.2) is 42.1 Å². The Morgan fingerprint density at radius 1 is 1.19 bits per heavy atom. The number of methoxy groups -OCH3 is 1. The number of aromatic nitrogens is 2. The van der Waals surface area contributed by atoms with Gasteiger partial charge in [0.15, 0.2) is 5.69 Å². The molecule has 1 aliphatic heterocycles. The molecule has 1 saturated heterocycles. The summed E-state index contributed by atoms with van der Waals surface area (Å²) >= 11 is 0. The second kappa shape index (κ2) is 8.62. The Kier molecular flexibility index (Phi) is 5.72. The van der Waals surface area contributed by atoms with Crippen molar-refractivity contribution in [2.45, 2.75) is 5.92 Å². The van der Waals surface area contributed by atoms with Crippen molar-refractivity contribution >= 4 is 23.3 Å². The number of hydrogen-bond acceptors (Lipinski definition) is 6. The molecule has 2 aromatic carbocycles.